The average Bonchev–Trinajstić information content (AvgIpc) is 2.94. The van der Waals surface area contributed by atoms with Crippen molar-refractivity contribution in [3.63, 3.8) is 0 Å². The molecular formula is C14H11N5O2. The van der Waals surface area contributed by atoms with Crippen molar-refractivity contribution in [2.24, 2.45) is 7.05 Å². The molecule has 3 aromatic rings. The maximum atomic E-state index is 11.1. The summed E-state index contributed by atoms with van der Waals surface area (Å²) in [6, 6.07) is 14.3. The summed E-state index contributed by atoms with van der Waals surface area (Å²) in [4.78, 5) is 10.7. The second-order valence-electron chi connectivity index (χ2n) is 4.52. The molecule has 0 spiro atoms. The molecule has 0 amide bonds. The zero-order valence-electron chi connectivity index (χ0n) is 11.2. The Balaban J connectivity index is 2.20. The number of nitro benzene ring substituents is 1. The number of hydrogen-bond acceptors (Lipinski definition) is 5. The molecule has 0 aliphatic heterocycles. The fourth-order valence-corrected chi connectivity index (χ4v) is 2.12. The third-order valence-corrected chi connectivity index (χ3v) is 3.11. The van der Waals surface area contributed by atoms with Crippen LogP contribution < -0.4 is 0 Å². The molecule has 3 rings (SSSR count). The third kappa shape index (κ3) is 2.48. The quantitative estimate of drug-likeness (QED) is 0.543. The Bertz CT molecular complexity index is 798. The van der Waals surface area contributed by atoms with Gasteiger partial charge in [0, 0.05) is 24.7 Å². The van der Waals surface area contributed by atoms with Gasteiger partial charge in [-0.2, -0.15) is 0 Å². The van der Waals surface area contributed by atoms with Gasteiger partial charge in [0.1, 0.15) is 0 Å². The highest BCUT2D eigenvalue weighted by atomic mass is 16.6. The van der Waals surface area contributed by atoms with Gasteiger partial charge in [-0.3, -0.25) is 10.1 Å². The van der Waals surface area contributed by atoms with Gasteiger partial charge < -0.3 is 0 Å². The maximum absolute atomic E-state index is 11.1. The summed E-state index contributed by atoms with van der Waals surface area (Å²) in [5.41, 5.74) is 2.27. The molecule has 7 nitrogen and oxygen atoms in total. The number of tetrazole rings is 1. The van der Waals surface area contributed by atoms with Crippen molar-refractivity contribution in [3.05, 3.63) is 58.6 Å². The molecule has 0 saturated carbocycles. The number of nitro groups is 1. The van der Waals surface area contributed by atoms with Crippen LogP contribution in [0.5, 0.6) is 0 Å². The first kappa shape index (κ1) is 12.9. The molecule has 0 fully saturated rings. The van der Waals surface area contributed by atoms with Gasteiger partial charge in [0.05, 0.1) is 4.92 Å². The summed E-state index contributed by atoms with van der Waals surface area (Å²) in [7, 11) is 1.69. The molecule has 0 aliphatic carbocycles. The molecule has 104 valence electrons. The second kappa shape index (κ2) is 5.12. The van der Waals surface area contributed by atoms with Crippen molar-refractivity contribution in [1.29, 1.82) is 0 Å². The molecular weight excluding hydrogens is 270 g/mol. The van der Waals surface area contributed by atoms with E-state index in [1.165, 1.54) is 10.7 Å². The first-order chi connectivity index (χ1) is 10.1. The van der Waals surface area contributed by atoms with Crippen LogP contribution in [0.1, 0.15) is 0 Å². The van der Waals surface area contributed by atoms with Crippen LogP contribution in [0.2, 0.25) is 0 Å². The van der Waals surface area contributed by atoms with Crippen LogP contribution in [0, 0.1) is 10.1 Å². The highest BCUT2D eigenvalue weighted by Gasteiger charge is 2.15. The Morgan fingerprint density at radius 1 is 1.05 bits per heavy atom. The van der Waals surface area contributed by atoms with E-state index in [1.54, 1.807) is 13.1 Å². The van der Waals surface area contributed by atoms with Crippen LogP contribution in [-0.2, 0) is 7.05 Å². The van der Waals surface area contributed by atoms with Crippen molar-refractivity contribution in [2.75, 3.05) is 0 Å². The molecule has 0 aliphatic rings. The van der Waals surface area contributed by atoms with Crippen LogP contribution in [0.4, 0.5) is 5.69 Å². The number of nitrogens with zero attached hydrogens (tertiary/aromatic N) is 5. The topological polar surface area (TPSA) is 86.7 Å². The first-order valence-corrected chi connectivity index (χ1v) is 6.23. The lowest BCUT2D eigenvalue weighted by molar-refractivity contribution is -0.384. The second-order valence-corrected chi connectivity index (χ2v) is 4.52. The number of hydrogen-bond donors (Lipinski definition) is 0. The van der Waals surface area contributed by atoms with E-state index in [2.05, 4.69) is 15.5 Å². The van der Waals surface area contributed by atoms with Crippen LogP contribution in [0.15, 0.2) is 48.5 Å². The molecule has 0 saturated heterocycles. The standard InChI is InChI=1S/C14H11N5O2/c1-18-14(15-16-17-18)12-7-11(8-13(9-12)19(20)21)10-5-3-2-4-6-10/h2-9H,1H3. The fourth-order valence-electron chi connectivity index (χ4n) is 2.12. The van der Waals surface area contributed by atoms with Crippen molar-refractivity contribution in [1.82, 2.24) is 20.2 Å². The Labute approximate surface area is 120 Å². The van der Waals surface area contributed by atoms with Gasteiger partial charge in [-0.1, -0.05) is 30.3 Å². The van der Waals surface area contributed by atoms with E-state index >= 15 is 0 Å². The molecule has 1 heterocycles. The van der Waals surface area contributed by atoms with E-state index in [4.69, 9.17) is 0 Å². The molecule has 0 atom stereocenters. The SMILES string of the molecule is Cn1nnnc1-c1cc(-c2ccccc2)cc([N+](=O)[O-])c1. The van der Waals surface area contributed by atoms with Gasteiger partial charge in [-0.15, -0.1) is 5.10 Å². The zero-order chi connectivity index (χ0) is 14.8. The lowest BCUT2D eigenvalue weighted by Crippen LogP contribution is -1.96. The Hall–Kier alpha value is -3.09. The summed E-state index contributed by atoms with van der Waals surface area (Å²) in [6.07, 6.45) is 0. The predicted octanol–water partition coefficient (Wildman–Crippen LogP) is 2.45. The normalized spacial score (nSPS) is 10.5. The third-order valence-electron chi connectivity index (χ3n) is 3.11. The molecule has 1 aromatic heterocycles. The van der Waals surface area contributed by atoms with E-state index in [0.717, 1.165) is 11.1 Å². The van der Waals surface area contributed by atoms with Crippen LogP contribution in [-0.4, -0.2) is 25.1 Å². The minimum atomic E-state index is -0.417. The highest BCUT2D eigenvalue weighted by molar-refractivity contribution is 5.73. The van der Waals surface area contributed by atoms with Crippen LogP contribution in [0.25, 0.3) is 22.5 Å². The minimum absolute atomic E-state index is 0.00866. The van der Waals surface area contributed by atoms with Crippen LogP contribution >= 0.6 is 0 Å². The lowest BCUT2D eigenvalue weighted by Gasteiger charge is -2.05. The van der Waals surface area contributed by atoms with Gasteiger partial charge in [0.25, 0.3) is 5.69 Å². The molecule has 0 bridgehead atoms. The summed E-state index contributed by atoms with van der Waals surface area (Å²) in [5, 5.41) is 22.4. The van der Waals surface area contributed by atoms with Crippen LogP contribution in [0.3, 0.4) is 0 Å². The van der Waals surface area contributed by atoms with Gasteiger partial charge in [-0.05, 0) is 27.6 Å². The average molecular weight is 281 g/mol. The number of aromatic nitrogens is 4. The van der Waals surface area contributed by atoms with Crippen molar-refractivity contribution in [2.45, 2.75) is 0 Å². The van der Waals surface area contributed by atoms with E-state index in [-0.39, 0.29) is 5.69 Å². The van der Waals surface area contributed by atoms with Crippen molar-refractivity contribution < 1.29 is 4.92 Å². The summed E-state index contributed by atoms with van der Waals surface area (Å²) >= 11 is 0. The Morgan fingerprint density at radius 3 is 2.38 bits per heavy atom. The number of aryl methyl sites for hydroxylation is 1. The smallest absolute Gasteiger partial charge is 0.258 e. The van der Waals surface area contributed by atoms with Gasteiger partial charge in [0.15, 0.2) is 5.82 Å². The largest absolute Gasteiger partial charge is 0.270 e. The van der Waals surface area contributed by atoms with Gasteiger partial charge in [-0.25, -0.2) is 4.68 Å². The first-order valence-electron chi connectivity index (χ1n) is 6.23. The monoisotopic (exact) mass is 281 g/mol. The molecule has 0 N–H and O–H groups in total. The zero-order valence-corrected chi connectivity index (χ0v) is 11.2. The van der Waals surface area contributed by atoms with Gasteiger partial charge >= 0.3 is 0 Å². The molecule has 2 aromatic carbocycles. The van der Waals surface area contributed by atoms with E-state index < -0.39 is 4.92 Å². The number of benzene rings is 2. The molecule has 21 heavy (non-hydrogen) atoms. The fraction of sp³-hybridized carbons (Fsp3) is 0.0714. The summed E-state index contributed by atoms with van der Waals surface area (Å²) in [6.45, 7) is 0. The number of rotatable bonds is 3. The molecule has 0 radical (unpaired) electrons. The lowest BCUT2D eigenvalue weighted by atomic mass is 10.0. The Kier molecular flexibility index (Phi) is 3.15. The van der Waals surface area contributed by atoms with E-state index in [9.17, 15) is 10.1 Å². The van der Waals surface area contributed by atoms with Gasteiger partial charge in [0.2, 0.25) is 0 Å². The van der Waals surface area contributed by atoms with E-state index in [0.29, 0.717) is 11.4 Å². The summed E-state index contributed by atoms with van der Waals surface area (Å²) < 4.78 is 1.48. The van der Waals surface area contributed by atoms with E-state index in [1.807, 2.05) is 36.4 Å². The Morgan fingerprint density at radius 2 is 1.76 bits per heavy atom. The number of non-ortho nitro benzene ring substituents is 1. The van der Waals surface area contributed by atoms with Crippen molar-refractivity contribution >= 4 is 5.69 Å². The molecule has 7 heteroatoms. The predicted molar refractivity (Wildman–Crippen MR) is 76.3 cm³/mol. The van der Waals surface area contributed by atoms with Crippen molar-refractivity contribution in [3.8, 4) is 22.5 Å². The maximum Gasteiger partial charge on any atom is 0.270 e. The minimum Gasteiger partial charge on any atom is -0.258 e. The summed E-state index contributed by atoms with van der Waals surface area (Å²) in [5.74, 6) is 0.482. The molecule has 0 unspecified atom stereocenters. The highest BCUT2D eigenvalue weighted by Crippen LogP contribution is 2.29.